The molecule has 0 saturated carbocycles. The van der Waals surface area contributed by atoms with Crippen LogP contribution in [0.25, 0.3) is 0 Å². The zero-order valence-electron chi connectivity index (χ0n) is 13.9. The van der Waals surface area contributed by atoms with E-state index < -0.39 is 0 Å². The van der Waals surface area contributed by atoms with Gasteiger partial charge in [0.1, 0.15) is 5.75 Å². The first kappa shape index (κ1) is 19.2. The molecule has 0 aliphatic carbocycles. The molecule has 1 saturated heterocycles. The SMILES string of the molecule is O=C(COc1ccc(Cl)c(Cl)c1)c1ccc(CC(=O)N2CCOCC2)s1. The van der Waals surface area contributed by atoms with Crippen molar-refractivity contribution in [3.05, 3.63) is 50.1 Å². The summed E-state index contributed by atoms with van der Waals surface area (Å²) in [5.74, 6) is 0.388. The molecule has 138 valence electrons. The van der Waals surface area contributed by atoms with Crippen LogP contribution < -0.4 is 4.74 Å². The number of ether oxygens (including phenoxy) is 2. The Balaban J connectivity index is 1.53. The largest absolute Gasteiger partial charge is 0.485 e. The number of ketones is 1. The first-order valence-corrected chi connectivity index (χ1v) is 9.65. The lowest BCUT2D eigenvalue weighted by Crippen LogP contribution is -2.41. The number of Topliss-reactive ketones (excluding diaryl/α,β-unsaturated/α-hetero) is 1. The average Bonchev–Trinajstić information content (AvgIpc) is 3.11. The molecular formula is C18H17Cl2NO4S. The highest BCUT2D eigenvalue weighted by atomic mass is 35.5. The van der Waals surface area contributed by atoms with Crippen LogP contribution in [0, 0.1) is 0 Å². The Labute approximate surface area is 165 Å². The minimum Gasteiger partial charge on any atom is -0.485 e. The molecule has 5 nitrogen and oxygen atoms in total. The molecule has 2 aromatic rings. The standard InChI is InChI=1S/C18H17Cl2NO4S/c19-14-3-1-12(9-15(14)20)25-11-16(22)17-4-2-13(26-17)10-18(23)21-5-7-24-8-6-21/h1-4,9H,5-8,10-11H2. The first-order chi connectivity index (χ1) is 12.5. The molecular weight excluding hydrogens is 397 g/mol. The van der Waals surface area contributed by atoms with Crippen molar-refractivity contribution in [3.63, 3.8) is 0 Å². The molecule has 8 heteroatoms. The summed E-state index contributed by atoms with van der Waals surface area (Å²) < 4.78 is 10.7. The molecule has 3 rings (SSSR count). The molecule has 1 aliphatic rings. The van der Waals surface area contributed by atoms with Crippen LogP contribution in [0.2, 0.25) is 10.0 Å². The zero-order valence-corrected chi connectivity index (χ0v) is 16.2. The number of benzene rings is 1. The number of halogens is 2. The van der Waals surface area contributed by atoms with Crippen LogP contribution in [-0.4, -0.2) is 49.5 Å². The van der Waals surface area contributed by atoms with E-state index in [1.165, 1.54) is 11.3 Å². The summed E-state index contributed by atoms with van der Waals surface area (Å²) in [5, 5.41) is 0.801. The van der Waals surface area contributed by atoms with Crippen LogP contribution in [0.1, 0.15) is 14.5 Å². The van der Waals surface area contributed by atoms with Gasteiger partial charge in [-0.2, -0.15) is 0 Å². The Hall–Kier alpha value is -1.60. The Morgan fingerprint density at radius 2 is 1.88 bits per heavy atom. The van der Waals surface area contributed by atoms with Crippen molar-refractivity contribution < 1.29 is 19.1 Å². The molecule has 1 aromatic heterocycles. The average molecular weight is 414 g/mol. The molecule has 0 radical (unpaired) electrons. The van der Waals surface area contributed by atoms with Crippen molar-refractivity contribution in [1.29, 1.82) is 0 Å². The first-order valence-electron chi connectivity index (χ1n) is 8.08. The van der Waals surface area contributed by atoms with Gasteiger partial charge in [0.2, 0.25) is 11.7 Å². The van der Waals surface area contributed by atoms with Gasteiger partial charge in [0.15, 0.2) is 6.61 Å². The molecule has 1 aromatic carbocycles. The number of hydrogen-bond donors (Lipinski definition) is 0. The lowest BCUT2D eigenvalue weighted by molar-refractivity contribution is -0.134. The van der Waals surface area contributed by atoms with Crippen molar-refractivity contribution in [1.82, 2.24) is 4.90 Å². The van der Waals surface area contributed by atoms with Gasteiger partial charge in [-0.25, -0.2) is 0 Å². The normalized spacial score (nSPS) is 14.3. The van der Waals surface area contributed by atoms with Gasteiger partial charge in [-0.15, -0.1) is 11.3 Å². The molecule has 26 heavy (non-hydrogen) atoms. The molecule has 1 fully saturated rings. The summed E-state index contributed by atoms with van der Waals surface area (Å²) in [6.07, 6.45) is 0.297. The third-order valence-corrected chi connectivity index (χ3v) is 5.75. The van der Waals surface area contributed by atoms with Gasteiger partial charge in [-0.1, -0.05) is 23.2 Å². The highest BCUT2D eigenvalue weighted by Gasteiger charge is 2.19. The monoisotopic (exact) mass is 413 g/mol. The third kappa shape index (κ3) is 4.98. The van der Waals surface area contributed by atoms with Crippen LogP contribution in [0.4, 0.5) is 0 Å². The summed E-state index contributed by atoms with van der Waals surface area (Å²) in [4.78, 5) is 27.8. The maximum Gasteiger partial charge on any atom is 0.227 e. The molecule has 1 amide bonds. The van der Waals surface area contributed by atoms with Crippen molar-refractivity contribution >= 4 is 46.2 Å². The van der Waals surface area contributed by atoms with Crippen molar-refractivity contribution in [2.24, 2.45) is 0 Å². The van der Waals surface area contributed by atoms with Crippen LogP contribution in [0.15, 0.2) is 30.3 Å². The Bertz CT molecular complexity index is 802. The second kappa shape index (κ2) is 8.86. The molecule has 1 aliphatic heterocycles. The summed E-state index contributed by atoms with van der Waals surface area (Å²) in [7, 11) is 0. The summed E-state index contributed by atoms with van der Waals surface area (Å²) in [6, 6.07) is 8.38. The van der Waals surface area contributed by atoms with Crippen LogP contribution in [0.3, 0.4) is 0 Å². The topological polar surface area (TPSA) is 55.8 Å². The van der Waals surface area contributed by atoms with Gasteiger partial charge >= 0.3 is 0 Å². The summed E-state index contributed by atoms with van der Waals surface area (Å²) in [6.45, 7) is 2.29. The number of rotatable bonds is 6. The van der Waals surface area contributed by atoms with Gasteiger partial charge in [-0.05, 0) is 24.3 Å². The number of carbonyl (C=O) groups is 2. The molecule has 2 heterocycles. The van der Waals surface area contributed by atoms with Crippen LogP contribution in [0.5, 0.6) is 5.75 Å². The van der Waals surface area contributed by atoms with E-state index >= 15 is 0 Å². The van der Waals surface area contributed by atoms with Gasteiger partial charge in [-0.3, -0.25) is 9.59 Å². The maximum absolute atomic E-state index is 12.3. The maximum atomic E-state index is 12.3. The van der Waals surface area contributed by atoms with Crippen molar-refractivity contribution in [2.75, 3.05) is 32.9 Å². The molecule has 0 N–H and O–H groups in total. The number of carbonyl (C=O) groups excluding carboxylic acids is 2. The van der Waals surface area contributed by atoms with E-state index in [4.69, 9.17) is 32.7 Å². The zero-order chi connectivity index (χ0) is 18.5. The highest BCUT2D eigenvalue weighted by molar-refractivity contribution is 7.14. The van der Waals surface area contributed by atoms with Gasteiger partial charge in [0.05, 0.1) is 34.6 Å². The van der Waals surface area contributed by atoms with E-state index in [2.05, 4.69) is 0 Å². The van der Waals surface area contributed by atoms with E-state index in [0.717, 1.165) is 4.88 Å². The van der Waals surface area contributed by atoms with E-state index in [0.29, 0.717) is 53.4 Å². The molecule has 0 atom stereocenters. The van der Waals surface area contributed by atoms with E-state index in [1.807, 2.05) is 6.07 Å². The number of amides is 1. The smallest absolute Gasteiger partial charge is 0.227 e. The predicted molar refractivity (Wildman–Crippen MR) is 102 cm³/mol. The molecule has 0 spiro atoms. The number of nitrogens with zero attached hydrogens (tertiary/aromatic N) is 1. The number of hydrogen-bond acceptors (Lipinski definition) is 5. The highest BCUT2D eigenvalue weighted by Crippen LogP contribution is 2.26. The van der Waals surface area contributed by atoms with E-state index in [-0.39, 0.29) is 18.3 Å². The fourth-order valence-electron chi connectivity index (χ4n) is 2.48. The van der Waals surface area contributed by atoms with Crippen molar-refractivity contribution in [2.45, 2.75) is 6.42 Å². The Morgan fingerprint density at radius 1 is 1.12 bits per heavy atom. The van der Waals surface area contributed by atoms with Gasteiger partial charge in [0.25, 0.3) is 0 Å². The molecule has 0 unspecified atom stereocenters. The summed E-state index contributed by atoms with van der Waals surface area (Å²) in [5.41, 5.74) is 0. The second-order valence-electron chi connectivity index (χ2n) is 5.72. The van der Waals surface area contributed by atoms with Crippen LogP contribution in [-0.2, 0) is 16.0 Å². The minimum atomic E-state index is -0.147. The minimum absolute atomic E-state index is 0.0567. The quantitative estimate of drug-likeness (QED) is 0.677. The van der Waals surface area contributed by atoms with Gasteiger partial charge < -0.3 is 14.4 Å². The second-order valence-corrected chi connectivity index (χ2v) is 7.71. The Morgan fingerprint density at radius 3 is 2.62 bits per heavy atom. The Kier molecular flexibility index (Phi) is 6.53. The third-order valence-electron chi connectivity index (χ3n) is 3.89. The lowest BCUT2D eigenvalue weighted by Gasteiger charge is -2.26. The predicted octanol–water partition coefficient (Wildman–Crippen LogP) is 3.72. The fourth-order valence-corrected chi connectivity index (χ4v) is 3.69. The fraction of sp³-hybridized carbons (Fsp3) is 0.333. The molecule has 0 bridgehead atoms. The van der Waals surface area contributed by atoms with E-state index in [1.54, 1.807) is 29.2 Å². The van der Waals surface area contributed by atoms with E-state index in [9.17, 15) is 9.59 Å². The number of morpholine rings is 1. The van der Waals surface area contributed by atoms with Crippen LogP contribution >= 0.6 is 34.5 Å². The van der Waals surface area contributed by atoms with Gasteiger partial charge in [0, 0.05) is 24.0 Å². The summed E-state index contributed by atoms with van der Waals surface area (Å²) >= 11 is 13.1. The number of thiophene rings is 1. The lowest BCUT2D eigenvalue weighted by atomic mass is 10.2. The van der Waals surface area contributed by atoms with Crippen molar-refractivity contribution in [3.8, 4) is 5.75 Å².